The molecule has 2 aromatic rings. The van der Waals surface area contributed by atoms with Crippen molar-refractivity contribution in [1.29, 1.82) is 0 Å². The van der Waals surface area contributed by atoms with Crippen molar-refractivity contribution in [2.24, 2.45) is 0 Å². The molecule has 0 unspecified atom stereocenters. The molecule has 2 aromatic carbocycles. The summed E-state index contributed by atoms with van der Waals surface area (Å²) in [6, 6.07) is 14.4. The van der Waals surface area contributed by atoms with E-state index in [4.69, 9.17) is 9.84 Å². The van der Waals surface area contributed by atoms with E-state index in [2.05, 4.69) is 5.32 Å². The number of carboxylic acid groups (broad SMARTS) is 1. The molecule has 0 saturated carbocycles. The molecule has 25 heavy (non-hydrogen) atoms. The zero-order valence-corrected chi connectivity index (χ0v) is 13.6. The standard InChI is InChI=1S/C18H18N2O5/c1-20(17(23)14-5-3-2-4-6-14)18(24)19-12-25-15-9-7-13(8-10-15)11-16(21)22/h2-10H,11-12H2,1H3,(H,19,24)(H,21,22). The van der Waals surface area contributed by atoms with E-state index < -0.39 is 17.9 Å². The Hall–Kier alpha value is -3.35. The molecule has 7 heteroatoms. The Kier molecular flexibility index (Phi) is 6.11. The van der Waals surface area contributed by atoms with Gasteiger partial charge in [0.25, 0.3) is 5.91 Å². The smallest absolute Gasteiger partial charge is 0.326 e. The van der Waals surface area contributed by atoms with E-state index in [9.17, 15) is 14.4 Å². The van der Waals surface area contributed by atoms with Crippen molar-refractivity contribution in [2.75, 3.05) is 13.8 Å². The topological polar surface area (TPSA) is 95.9 Å². The van der Waals surface area contributed by atoms with Crippen LogP contribution in [0, 0.1) is 0 Å². The lowest BCUT2D eigenvalue weighted by Gasteiger charge is -2.16. The summed E-state index contributed by atoms with van der Waals surface area (Å²) in [6.45, 7) is -0.122. The third-order valence-electron chi connectivity index (χ3n) is 3.37. The van der Waals surface area contributed by atoms with Crippen LogP contribution in [0.5, 0.6) is 5.75 Å². The minimum Gasteiger partial charge on any atom is -0.481 e. The molecular weight excluding hydrogens is 324 g/mol. The van der Waals surface area contributed by atoms with Crippen LogP contribution >= 0.6 is 0 Å². The first-order valence-electron chi connectivity index (χ1n) is 7.52. The molecule has 0 fully saturated rings. The van der Waals surface area contributed by atoms with Gasteiger partial charge in [0.1, 0.15) is 5.75 Å². The van der Waals surface area contributed by atoms with Gasteiger partial charge in [0, 0.05) is 12.6 Å². The highest BCUT2D eigenvalue weighted by Crippen LogP contribution is 2.12. The molecule has 2 rings (SSSR count). The van der Waals surface area contributed by atoms with Crippen molar-refractivity contribution in [3.05, 3.63) is 65.7 Å². The van der Waals surface area contributed by atoms with Gasteiger partial charge >= 0.3 is 12.0 Å². The number of rotatable bonds is 6. The van der Waals surface area contributed by atoms with Crippen LogP contribution in [0.2, 0.25) is 0 Å². The third kappa shape index (κ3) is 5.35. The molecule has 0 aliphatic carbocycles. The number of aliphatic carboxylic acids is 1. The van der Waals surface area contributed by atoms with Gasteiger partial charge in [-0.25, -0.2) is 4.79 Å². The number of nitrogens with zero attached hydrogens (tertiary/aromatic N) is 1. The Morgan fingerprint density at radius 2 is 1.68 bits per heavy atom. The summed E-state index contributed by atoms with van der Waals surface area (Å²) < 4.78 is 5.35. The first-order valence-corrected chi connectivity index (χ1v) is 7.52. The molecule has 0 aliphatic rings. The Balaban J connectivity index is 1.81. The van der Waals surface area contributed by atoms with E-state index in [1.807, 2.05) is 0 Å². The third-order valence-corrected chi connectivity index (χ3v) is 3.37. The molecule has 0 aromatic heterocycles. The van der Waals surface area contributed by atoms with Gasteiger partial charge in [0.15, 0.2) is 6.73 Å². The molecule has 0 spiro atoms. The van der Waals surface area contributed by atoms with E-state index in [0.717, 1.165) is 4.90 Å². The Morgan fingerprint density at radius 1 is 1.04 bits per heavy atom. The van der Waals surface area contributed by atoms with Crippen LogP contribution in [0.4, 0.5) is 4.79 Å². The highest BCUT2D eigenvalue weighted by molar-refractivity contribution is 6.03. The monoisotopic (exact) mass is 342 g/mol. The summed E-state index contributed by atoms with van der Waals surface area (Å²) in [5.74, 6) is -0.852. The molecule has 0 saturated heterocycles. The molecule has 130 valence electrons. The number of carbonyl (C=O) groups is 3. The highest BCUT2D eigenvalue weighted by Gasteiger charge is 2.17. The normalized spacial score (nSPS) is 9.96. The minimum atomic E-state index is -0.910. The molecule has 7 nitrogen and oxygen atoms in total. The summed E-state index contributed by atoms with van der Waals surface area (Å²) in [4.78, 5) is 35.7. The van der Waals surface area contributed by atoms with Crippen LogP contribution in [0.15, 0.2) is 54.6 Å². The second-order valence-electron chi connectivity index (χ2n) is 5.22. The number of hydrogen-bond donors (Lipinski definition) is 2. The SMILES string of the molecule is CN(C(=O)NCOc1ccc(CC(=O)O)cc1)C(=O)c1ccccc1. The molecule has 0 radical (unpaired) electrons. The average molecular weight is 342 g/mol. The fourth-order valence-corrected chi connectivity index (χ4v) is 2.04. The van der Waals surface area contributed by atoms with Crippen LogP contribution < -0.4 is 10.1 Å². The van der Waals surface area contributed by atoms with Crippen LogP contribution in [0.3, 0.4) is 0 Å². The molecule has 0 aliphatic heterocycles. The number of imide groups is 1. The van der Waals surface area contributed by atoms with Crippen molar-refractivity contribution in [3.8, 4) is 5.75 Å². The number of carbonyl (C=O) groups excluding carboxylic acids is 2. The maximum Gasteiger partial charge on any atom is 0.326 e. The number of amides is 3. The Bertz CT molecular complexity index is 744. The van der Waals surface area contributed by atoms with Crippen molar-refractivity contribution >= 4 is 17.9 Å². The first kappa shape index (κ1) is 18.0. The number of carboxylic acids is 1. The molecule has 3 amide bonds. The van der Waals surface area contributed by atoms with Gasteiger partial charge in [0.2, 0.25) is 0 Å². The van der Waals surface area contributed by atoms with Crippen LogP contribution in [-0.4, -0.2) is 41.7 Å². The van der Waals surface area contributed by atoms with Crippen molar-refractivity contribution in [2.45, 2.75) is 6.42 Å². The number of nitrogens with one attached hydrogen (secondary N) is 1. The molecule has 0 heterocycles. The predicted molar refractivity (Wildman–Crippen MR) is 90.3 cm³/mol. The maximum atomic E-state index is 12.1. The molecule has 0 atom stereocenters. The van der Waals surface area contributed by atoms with Gasteiger partial charge in [-0.2, -0.15) is 0 Å². The highest BCUT2D eigenvalue weighted by atomic mass is 16.5. The predicted octanol–water partition coefficient (Wildman–Crippen LogP) is 2.13. The summed E-state index contributed by atoms with van der Waals surface area (Å²) in [6.07, 6.45) is -0.0661. The quantitative estimate of drug-likeness (QED) is 0.784. The van der Waals surface area contributed by atoms with E-state index >= 15 is 0 Å². The van der Waals surface area contributed by atoms with Crippen LogP contribution in [-0.2, 0) is 11.2 Å². The fraction of sp³-hybridized carbons (Fsp3) is 0.167. The number of urea groups is 1. The summed E-state index contributed by atoms with van der Waals surface area (Å²) in [5.41, 5.74) is 1.06. The van der Waals surface area contributed by atoms with Gasteiger partial charge < -0.3 is 15.2 Å². The average Bonchev–Trinajstić information content (AvgIpc) is 2.62. The van der Waals surface area contributed by atoms with E-state index in [1.165, 1.54) is 7.05 Å². The first-order chi connectivity index (χ1) is 12.0. The summed E-state index contributed by atoms with van der Waals surface area (Å²) in [5, 5.41) is 11.2. The number of hydrogen-bond acceptors (Lipinski definition) is 4. The van der Waals surface area contributed by atoms with Crippen molar-refractivity contribution in [3.63, 3.8) is 0 Å². The Morgan fingerprint density at radius 3 is 2.28 bits per heavy atom. The molecule has 2 N–H and O–H groups in total. The lowest BCUT2D eigenvalue weighted by Crippen LogP contribution is -2.42. The van der Waals surface area contributed by atoms with Gasteiger partial charge in [-0.1, -0.05) is 30.3 Å². The van der Waals surface area contributed by atoms with E-state index in [-0.39, 0.29) is 13.2 Å². The van der Waals surface area contributed by atoms with Gasteiger partial charge in [-0.3, -0.25) is 14.5 Å². The number of ether oxygens (including phenoxy) is 1. The van der Waals surface area contributed by atoms with Gasteiger partial charge in [-0.05, 0) is 29.8 Å². The minimum absolute atomic E-state index is 0.0661. The lowest BCUT2D eigenvalue weighted by atomic mass is 10.1. The molecular formula is C18H18N2O5. The van der Waals surface area contributed by atoms with E-state index in [0.29, 0.717) is 16.9 Å². The van der Waals surface area contributed by atoms with E-state index in [1.54, 1.807) is 54.6 Å². The zero-order valence-electron chi connectivity index (χ0n) is 13.6. The lowest BCUT2D eigenvalue weighted by molar-refractivity contribution is -0.136. The summed E-state index contributed by atoms with van der Waals surface area (Å²) in [7, 11) is 1.38. The van der Waals surface area contributed by atoms with Crippen LogP contribution in [0.25, 0.3) is 0 Å². The second-order valence-corrected chi connectivity index (χ2v) is 5.22. The van der Waals surface area contributed by atoms with Gasteiger partial charge in [0.05, 0.1) is 6.42 Å². The van der Waals surface area contributed by atoms with Crippen molar-refractivity contribution in [1.82, 2.24) is 10.2 Å². The second kappa shape index (κ2) is 8.49. The largest absolute Gasteiger partial charge is 0.481 e. The summed E-state index contributed by atoms with van der Waals surface area (Å²) >= 11 is 0. The Labute approximate surface area is 144 Å². The molecule has 0 bridgehead atoms. The van der Waals surface area contributed by atoms with Crippen molar-refractivity contribution < 1.29 is 24.2 Å². The van der Waals surface area contributed by atoms with Crippen LogP contribution in [0.1, 0.15) is 15.9 Å². The maximum absolute atomic E-state index is 12.1. The van der Waals surface area contributed by atoms with Gasteiger partial charge in [-0.15, -0.1) is 0 Å². The zero-order chi connectivity index (χ0) is 18.2. The number of benzene rings is 2. The fourth-order valence-electron chi connectivity index (χ4n) is 2.04.